The maximum Gasteiger partial charge on any atom is 0.293 e. The van der Waals surface area contributed by atoms with Crippen LogP contribution in [0.4, 0.5) is 5.69 Å². The highest BCUT2D eigenvalue weighted by atomic mass is 35.5. The highest BCUT2D eigenvalue weighted by Crippen LogP contribution is 2.31. The van der Waals surface area contributed by atoms with Crippen LogP contribution in [0.15, 0.2) is 35.9 Å². The van der Waals surface area contributed by atoms with Gasteiger partial charge in [0.2, 0.25) is 10.9 Å². The monoisotopic (exact) mass is 343 g/mol. The number of benzene rings is 1. The summed E-state index contributed by atoms with van der Waals surface area (Å²) in [6, 6.07) is 6.55. The lowest BCUT2D eigenvalue weighted by molar-refractivity contribution is -0.128. The van der Waals surface area contributed by atoms with E-state index in [1.165, 1.54) is 4.31 Å². The van der Waals surface area contributed by atoms with Crippen LogP contribution < -0.4 is 4.31 Å². The average Bonchev–Trinajstić information content (AvgIpc) is 2.49. The smallest absolute Gasteiger partial charge is 0.293 e. The maximum absolute atomic E-state index is 11.8. The van der Waals surface area contributed by atoms with Crippen molar-refractivity contribution < 1.29 is 17.9 Å². The molecule has 1 aromatic carbocycles. The lowest BCUT2D eigenvalue weighted by atomic mass is 9.92. The number of nitrogens with zero attached hydrogens (tertiary/aromatic N) is 1. The van der Waals surface area contributed by atoms with E-state index >= 15 is 0 Å². The predicted octanol–water partition coefficient (Wildman–Crippen LogP) is 2.71. The van der Waals surface area contributed by atoms with Crippen LogP contribution in [-0.4, -0.2) is 27.5 Å². The SMILES string of the molecule is O=COCCC1=CCCCC1N(c1cccc(Cl)c1)[SH](=O)=O. The Balaban J connectivity index is 2.28. The van der Waals surface area contributed by atoms with Crippen molar-refractivity contribution in [2.75, 3.05) is 10.9 Å². The second-order valence-electron chi connectivity index (χ2n) is 5.01. The van der Waals surface area contributed by atoms with E-state index in [4.69, 9.17) is 16.3 Å². The summed E-state index contributed by atoms with van der Waals surface area (Å²) in [7, 11) is -2.80. The first-order valence-electron chi connectivity index (χ1n) is 7.06. The standard InChI is InChI=1S/C15H18ClNO4S/c16-13-5-3-6-14(10-13)17(22(19)20)15-7-2-1-4-12(15)8-9-21-11-18/h3-6,10-11,15,22H,1-2,7-9H2. The number of thiol groups is 1. The first-order chi connectivity index (χ1) is 10.6. The number of anilines is 1. The Hall–Kier alpha value is -1.53. The zero-order chi connectivity index (χ0) is 15.9. The van der Waals surface area contributed by atoms with Gasteiger partial charge in [0, 0.05) is 11.4 Å². The molecule has 0 amide bonds. The van der Waals surface area contributed by atoms with E-state index in [9.17, 15) is 13.2 Å². The number of carbonyl (C=O) groups is 1. The van der Waals surface area contributed by atoms with Crippen LogP contribution in [0.3, 0.4) is 0 Å². The zero-order valence-electron chi connectivity index (χ0n) is 12.0. The van der Waals surface area contributed by atoms with Gasteiger partial charge in [0.15, 0.2) is 0 Å². The third kappa shape index (κ3) is 4.24. The lowest BCUT2D eigenvalue weighted by Crippen LogP contribution is -2.37. The summed E-state index contributed by atoms with van der Waals surface area (Å²) in [6.07, 6.45) is 5.14. The van der Waals surface area contributed by atoms with E-state index in [-0.39, 0.29) is 12.6 Å². The molecule has 0 heterocycles. The van der Waals surface area contributed by atoms with Gasteiger partial charge in [0.25, 0.3) is 6.47 Å². The molecule has 5 nitrogen and oxygen atoms in total. The summed E-state index contributed by atoms with van der Waals surface area (Å²) in [6.45, 7) is 0.659. The van der Waals surface area contributed by atoms with Crippen molar-refractivity contribution in [3.05, 3.63) is 40.9 Å². The topological polar surface area (TPSA) is 63.7 Å². The van der Waals surface area contributed by atoms with Crippen molar-refractivity contribution in [1.82, 2.24) is 0 Å². The van der Waals surface area contributed by atoms with Crippen LogP contribution in [0.25, 0.3) is 0 Å². The minimum absolute atomic E-state index is 0.247. The van der Waals surface area contributed by atoms with E-state index in [2.05, 4.69) is 0 Å². The van der Waals surface area contributed by atoms with Crippen molar-refractivity contribution in [3.8, 4) is 0 Å². The summed E-state index contributed by atoms with van der Waals surface area (Å²) in [4.78, 5) is 10.3. The number of hydrogen-bond acceptors (Lipinski definition) is 4. The molecule has 0 spiro atoms. The van der Waals surface area contributed by atoms with Crippen molar-refractivity contribution >= 4 is 34.7 Å². The molecule has 120 valence electrons. The number of allylic oxidation sites excluding steroid dienone is 1. The quantitative estimate of drug-likeness (QED) is 0.358. The molecule has 1 aromatic rings. The second-order valence-corrected chi connectivity index (χ2v) is 6.35. The molecule has 1 aliphatic rings. The summed E-state index contributed by atoms with van der Waals surface area (Å²) in [5, 5.41) is 0.491. The molecule has 0 radical (unpaired) electrons. The Morgan fingerprint density at radius 3 is 2.91 bits per heavy atom. The van der Waals surface area contributed by atoms with Gasteiger partial charge < -0.3 is 4.74 Å². The van der Waals surface area contributed by atoms with E-state index in [1.54, 1.807) is 24.3 Å². The Labute approximate surface area is 136 Å². The summed E-state index contributed by atoms with van der Waals surface area (Å²) in [5.74, 6) is 0. The molecular weight excluding hydrogens is 326 g/mol. The number of rotatable bonds is 7. The van der Waals surface area contributed by atoms with E-state index < -0.39 is 10.9 Å². The molecule has 1 unspecified atom stereocenters. The Bertz CT molecular complexity index is 622. The third-order valence-corrected chi connectivity index (χ3v) is 4.73. The number of ether oxygens (including phenoxy) is 1. The molecule has 0 saturated heterocycles. The van der Waals surface area contributed by atoms with Gasteiger partial charge in [-0.15, -0.1) is 0 Å². The van der Waals surface area contributed by atoms with Crippen LogP contribution in [0.5, 0.6) is 0 Å². The molecular formula is C15H18ClNO4S. The molecule has 1 aliphatic carbocycles. The normalized spacial score (nSPS) is 17.9. The Morgan fingerprint density at radius 2 is 2.23 bits per heavy atom. The van der Waals surface area contributed by atoms with Crippen LogP contribution in [0.2, 0.25) is 5.02 Å². The summed E-state index contributed by atoms with van der Waals surface area (Å²) < 4.78 is 29.7. The number of carbonyl (C=O) groups excluding carboxylic acids is 1. The molecule has 22 heavy (non-hydrogen) atoms. The minimum atomic E-state index is -2.80. The van der Waals surface area contributed by atoms with Crippen LogP contribution >= 0.6 is 11.6 Å². The highest BCUT2D eigenvalue weighted by Gasteiger charge is 2.26. The fourth-order valence-electron chi connectivity index (χ4n) is 2.70. The molecule has 7 heteroatoms. The Kier molecular flexibility index (Phi) is 6.27. The van der Waals surface area contributed by atoms with Crippen molar-refractivity contribution in [2.24, 2.45) is 0 Å². The first kappa shape index (κ1) is 16.8. The highest BCUT2D eigenvalue weighted by molar-refractivity contribution is 7.74. The molecule has 1 atom stereocenters. The van der Waals surface area contributed by atoms with Gasteiger partial charge in [-0.1, -0.05) is 23.7 Å². The van der Waals surface area contributed by atoms with Gasteiger partial charge in [-0.3, -0.25) is 9.10 Å². The average molecular weight is 344 g/mol. The fourth-order valence-corrected chi connectivity index (χ4v) is 3.69. The van der Waals surface area contributed by atoms with Crippen molar-refractivity contribution in [3.63, 3.8) is 0 Å². The van der Waals surface area contributed by atoms with E-state index in [1.807, 2.05) is 6.08 Å². The molecule has 0 saturated carbocycles. The maximum atomic E-state index is 11.8. The van der Waals surface area contributed by atoms with Gasteiger partial charge in [-0.2, -0.15) is 0 Å². The van der Waals surface area contributed by atoms with Gasteiger partial charge in [-0.25, -0.2) is 8.42 Å². The zero-order valence-corrected chi connectivity index (χ0v) is 13.6. The second kappa shape index (κ2) is 8.19. The van der Waals surface area contributed by atoms with E-state index in [0.29, 0.717) is 23.6 Å². The van der Waals surface area contributed by atoms with Crippen LogP contribution in [0, 0.1) is 0 Å². The largest absolute Gasteiger partial charge is 0.468 e. The van der Waals surface area contributed by atoms with Gasteiger partial charge in [-0.05, 0) is 43.0 Å². The van der Waals surface area contributed by atoms with Gasteiger partial charge in [0.05, 0.1) is 18.3 Å². The van der Waals surface area contributed by atoms with Crippen molar-refractivity contribution in [2.45, 2.75) is 31.7 Å². The third-order valence-electron chi connectivity index (χ3n) is 3.64. The van der Waals surface area contributed by atoms with Crippen LogP contribution in [0.1, 0.15) is 25.7 Å². The number of halogens is 1. The van der Waals surface area contributed by atoms with Gasteiger partial charge in [0.1, 0.15) is 0 Å². The Morgan fingerprint density at radius 1 is 1.41 bits per heavy atom. The van der Waals surface area contributed by atoms with Crippen molar-refractivity contribution in [1.29, 1.82) is 0 Å². The molecule has 0 N–H and O–H groups in total. The van der Waals surface area contributed by atoms with E-state index in [0.717, 1.165) is 24.8 Å². The van der Waals surface area contributed by atoms with Crippen LogP contribution in [-0.2, 0) is 20.4 Å². The molecule has 0 aromatic heterocycles. The fraction of sp³-hybridized carbons (Fsp3) is 0.400. The lowest BCUT2D eigenvalue weighted by Gasteiger charge is -2.33. The van der Waals surface area contributed by atoms with Gasteiger partial charge >= 0.3 is 0 Å². The molecule has 0 aliphatic heterocycles. The summed E-state index contributed by atoms with van der Waals surface area (Å²) in [5.41, 5.74) is 1.53. The predicted molar refractivity (Wildman–Crippen MR) is 86.6 cm³/mol. The molecule has 0 bridgehead atoms. The first-order valence-corrected chi connectivity index (χ1v) is 8.57. The molecule has 0 fully saturated rings. The summed E-state index contributed by atoms with van der Waals surface area (Å²) >= 11 is 5.97. The number of hydrogen-bond donors (Lipinski definition) is 1. The minimum Gasteiger partial charge on any atom is -0.468 e. The molecule has 2 rings (SSSR count).